The molecule has 2 N–H and O–H groups in total. The van der Waals surface area contributed by atoms with Gasteiger partial charge in [-0.25, -0.2) is 0 Å². The molecule has 1 aromatic rings. The summed E-state index contributed by atoms with van der Waals surface area (Å²) in [5.41, 5.74) is 7.42. The number of benzene rings is 1. The number of hydrogen-bond acceptors (Lipinski definition) is 2. The lowest BCUT2D eigenvalue weighted by molar-refractivity contribution is -0.120. The first kappa shape index (κ1) is 11.0. The molecule has 0 aliphatic heterocycles. The molecule has 0 bridgehead atoms. The van der Waals surface area contributed by atoms with E-state index >= 15 is 0 Å². The quantitative estimate of drug-likeness (QED) is 0.774. The monoisotopic (exact) mass is 218 g/mol. The fourth-order valence-corrected chi connectivity index (χ4v) is 1.95. The van der Waals surface area contributed by atoms with Crippen LogP contribution in [-0.4, -0.2) is 13.0 Å². The summed E-state index contributed by atoms with van der Waals surface area (Å²) in [6.07, 6.45) is 0.991. The lowest BCUT2D eigenvalue weighted by Gasteiger charge is -2.18. The summed E-state index contributed by atoms with van der Waals surface area (Å²) < 4.78 is 0. The molecule has 2 rings (SSSR count). The van der Waals surface area contributed by atoms with Crippen LogP contribution < -0.4 is 10.6 Å². The van der Waals surface area contributed by atoms with Gasteiger partial charge < -0.3 is 10.6 Å². The van der Waals surface area contributed by atoms with Crippen LogP contribution in [0.15, 0.2) is 24.3 Å². The molecular weight excluding hydrogens is 200 g/mol. The zero-order valence-corrected chi connectivity index (χ0v) is 10.0. The molecule has 16 heavy (non-hydrogen) atoms. The number of carbonyl (C=O) groups excluding carboxylic acids is 1. The summed E-state index contributed by atoms with van der Waals surface area (Å²) in [5.74, 6) is 0.379. The summed E-state index contributed by atoms with van der Waals surface area (Å²) in [6.45, 7) is 4.26. The van der Waals surface area contributed by atoms with E-state index in [1.54, 1.807) is 4.90 Å². The molecule has 1 aliphatic rings. The molecule has 1 unspecified atom stereocenters. The second-order valence-corrected chi connectivity index (χ2v) is 5.23. The Morgan fingerprint density at radius 2 is 1.88 bits per heavy atom. The molecule has 1 aromatic carbocycles. The van der Waals surface area contributed by atoms with Gasteiger partial charge in [0.15, 0.2) is 0 Å². The Balaban J connectivity index is 2.11. The minimum atomic E-state index is 0.176. The highest BCUT2D eigenvalue weighted by molar-refractivity contribution is 5.96. The van der Waals surface area contributed by atoms with E-state index < -0.39 is 0 Å². The van der Waals surface area contributed by atoms with Crippen LogP contribution in [0.4, 0.5) is 11.4 Å². The molecule has 0 aromatic heterocycles. The maximum Gasteiger partial charge on any atom is 0.230 e. The van der Waals surface area contributed by atoms with Crippen LogP contribution in [0.25, 0.3) is 0 Å². The minimum absolute atomic E-state index is 0.176. The van der Waals surface area contributed by atoms with Crippen molar-refractivity contribution in [2.24, 2.45) is 11.3 Å². The highest BCUT2D eigenvalue weighted by Crippen LogP contribution is 2.52. The first-order chi connectivity index (χ1) is 7.42. The number of hydrogen-bond donors (Lipinski definition) is 1. The first-order valence-corrected chi connectivity index (χ1v) is 5.55. The van der Waals surface area contributed by atoms with E-state index in [0.29, 0.717) is 0 Å². The Bertz CT molecular complexity index is 408. The van der Waals surface area contributed by atoms with Gasteiger partial charge in [-0.2, -0.15) is 0 Å². The van der Waals surface area contributed by atoms with E-state index in [1.807, 2.05) is 31.3 Å². The average Bonchev–Trinajstić information content (AvgIpc) is 2.87. The van der Waals surface area contributed by atoms with Crippen molar-refractivity contribution in [3.05, 3.63) is 24.3 Å². The number of carbonyl (C=O) groups is 1. The van der Waals surface area contributed by atoms with Crippen LogP contribution in [0.3, 0.4) is 0 Å². The van der Waals surface area contributed by atoms with Crippen LogP contribution in [0.1, 0.15) is 20.3 Å². The fraction of sp³-hybridized carbons (Fsp3) is 0.462. The third-order valence-corrected chi connectivity index (χ3v) is 3.42. The maximum atomic E-state index is 12.1. The third-order valence-electron chi connectivity index (χ3n) is 3.42. The van der Waals surface area contributed by atoms with Gasteiger partial charge in [0.2, 0.25) is 5.91 Å². The van der Waals surface area contributed by atoms with Gasteiger partial charge in [-0.15, -0.1) is 0 Å². The molecule has 0 spiro atoms. The summed E-state index contributed by atoms with van der Waals surface area (Å²) in [7, 11) is 1.82. The van der Waals surface area contributed by atoms with E-state index in [0.717, 1.165) is 17.8 Å². The van der Waals surface area contributed by atoms with Crippen molar-refractivity contribution in [3.63, 3.8) is 0 Å². The highest BCUT2D eigenvalue weighted by Gasteiger charge is 2.51. The van der Waals surface area contributed by atoms with Crippen LogP contribution in [-0.2, 0) is 4.79 Å². The number of nitrogens with two attached hydrogens (primary N) is 1. The van der Waals surface area contributed by atoms with E-state index in [4.69, 9.17) is 5.73 Å². The molecule has 1 amide bonds. The van der Waals surface area contributed by atoms with Gasteiger partial charge in [0, 0.05) is 24.3 Å². The van der Waals surface area contributed by atoms with Crippen LogP contribution in [0.5, 0.6) is 0 Å². The first-order valence-electron chi connectivity index (χ1n) is 5.55. The maximum absolute atomic E-state index is 12.1. The van der Waals surface area contributed by atoms with E-state index in [2.05, 4.69) is 13.8 Å². The third kappa shape index (κ3) is 1.90. The number of amides is 1. The van der Waals surface area contributed by atoms with Crippen molar-refractivity contribution in [1.29, 1.82) is 0 Å². The number of anilines is 2. The Hall–Kier alpha value is -1.51. The predicted octanol–water partition coefficient (Wildman–Crippen LogP) is 2.28. The lowest BCUT2D eigenvalue weighted by Crippen LogP contribution is -2.29. The van der Waals surface area contributed by atoms with Gasteiger partial charge in [0.05, 0.1) is 0 Å². The Morgan fingerprint density at radius 3 is 2.31 bits per heavy atom. The van der Waals surface area contributed by atoms with Gasteiger partial charge in [-0.3, -0.25) is 4.79 Å². The van der Waals surface area contributed by atoms with Crippen molar-refractivity contribution in [2.75, 3.05) is 17.7 Å². The smallest absolute Gasteiger partial charge is 0.230 e. The normalized spacial score (nSPS) is 21.6. The minimum Gasteiger partial charge on any atom is -0.399 e. The van der Waals surface area contributed by atoms with Crippen molar-refractivity contribution in [3.8, 4) is 0 Å². The molecule has 0 radical (unpaired) electrons. The van der Waals surface area contributed by atoms with Gasteiger partial charge >= 0.3 is 0 Å². The molecule has 1 fully saturated rings. The van der Waals surface area contributed by atoms with Crippen LogP contribution in [0.2, 0.25) is 0 Å². The molecule has 0 heterocycles. The predicted molar refractivity (Wildman–Crippen MR) is 66.2 cm³/mol. The lowest BCUT2D eigenvalue weighted by atomic mass is 10.1. The Labute approximate surface area is 96.2 Å². The summed E-state index contributed by atoms with van der Waals surface area (Å²) in [6, 6.07) is 7.39. The zero-order chi connectivity index (χ0) is 11.9. The molecular formula is C13H18N2O. The second-order valence-electron chi connectivity index (χ2n) is 5.23. The van der Waals surface area contributed by atoms with E-state index in [9.17, 15) is 4.79 Å². The van der Waals surface area contributed by atoms with Crippen molar-refractivity contribution in [2.45, 2.75) is 20.3 Å². The number of nitrogens with zero attached hydrogens (tertiary/aromatic N) is 1. The number of rotatable bonds is 2. The van der Waals surface area contributed by atoms with Crippen molar-refractivity contribution >= 4 is 17.3 Å². The molecule has 86 valence electrons. The molecule has 1 atom stereocenters. The summed E-state index contributed by atoms with van der Waals surface area (Å²) >= 11 is 0. The standard InChI is InChI=1S/C13H18N2O/c1-13(2)8-11(13)12(16)15(3)10-6-4-9(14)5-7-10/h4-7,11H,8,14H2,1-3H3. The molecule has 1 saturated carbocycles. The van der Waals surface area contributed by atoms with Crippen LogP contribution >= 0.6 is 0 Å². The van der Waals surface area contributed by atoms with E-state index in [-0.39, 0.29) is 17.2 Å². The number of nitrogen functional groups attached to an aromatic ring is 1. The second kappa shape index (κ2) is 3.51. The molecule has 3 nitrogen and oxygen atoms in total. The fourth-order valence-electron chi connectivity index (χ4n) is 1.95. The molecule has 3 heteroatoms. The van der Waals surface area contributed by atoms with Crippen molar-refractivity contribution in [1.82, 2.24) is 0 Å². The van der Waals surface area contributed by atoms with Crippen LogP contribution in [0, 0.1) is 11.3 Å². The highest BCUT2D eigenvalue weighted by atomic mass is 16.2. The van der Waals surface area contributed by atoms with Gasteiger partial charge in [-0.05, 0) is 36.1 Å². The van der Waals surface area contributed by atoms with E-state index in [1.165, 1.54) is 0 Å². The zero-order valence-electron chi connectivity index (χ0n) is 10.0. The average molecular weight is 218 g/mol. The topological polar surface area (TPSA) is 46.3 Å². The molecule has 0 saturated heterocycles. The SMILES string of the molecule is CN(C(=O)C1CC1(C)C)c1ccc(N)cc1. The van der Waals surface area contributed by atoms with Gasteiger partial charge in [-0.1, -0.05) is 13.8 Å². The van der Waals surface area contributed by atoms with Gasteiger partial charge in [0.1, 0.15) is 0 Å². The Morgan fingerprint density at radius 1 is 1.38 bits per heavy atom. The summed E-state index contributed by atoms with van der Waals surface area (Å²) in [5, 5.41) is 0. The Kier molecular flexibility index (Phi) is 2.41. The summed E-state index contributed by atoms with van der Waals surface area (Å²) in [4.78, 5) is 13.8. The van der Waals surface area contributed by atoms with Crippen molar-refractivity contribution < 1.29 is 4.79 Å². The largest absolute Gasteiger partial charge is 0.399 e. The van der Waals surface area contributed by atoms with Gasteiger partial charge in [0.25, 0.3) is 0 Å². The molecule has 1 aliphatic carbocycles.